The Balaban J connectivity index is 1.45. The van der Waals surface area contributed by atoms with Gasteiger partial charge in [-0.15, -0.1) is 0 Å². The number of imidazole rings is 1. The third-order valence-electron chi connectivity index (χ3n) is 7.26. The van der Waals surface area contributed by atoms with Crippen LogP contribution < -0.4 is 4.74 Å². The highest BCUT2D eigenvalue weighted by molar-refractivity contribution is 5.83. The predicted octanol–water partition coefficient (Wildman–Crippen LogP) is 5.74. The summed E-state index contributed by atoms with van der Waals surface area (Å²) in [6.07, 6.45) is 1.32. The summed E-state index contributed by atoms with van der Waals surface area (Å²) >= 11 is 0. The smallest absolute Gasteiger partial charge is 0.165 e. The first-order valence-corrected chi connectivity index (χ1v) is 13.5. The first kappa shape index (κ1) is 26.4. The number of hydrogen-bond acceptors (Lipinski definition) is 6. The summed E-state index contributed by atoms with van der Waals surface area (Å²) in [5, 5.41) is 4.12. The molecule has 1 atom stereocenters. The van der Waals surface area contributed by atoms with E-state index in [9.17, 15) is 4.39 Å². The van der Waals surface area contributed by atoms with Crippen LogP contribution in [0.4, 0.5) is 4.39 Å². The van der Waals surface area contributed by atoms with Crippen LogP contribution in [0.3, 0.4) is 0 Å². The van der Waals surface area contributed by atoms with Crippen LogP contribution in [0.1, 0.15) is 43.6 Å². The first-order valence-electron chi connectivity index (χ1n) is 13.5. The maximum absolute atomic E-state index is 14.6. The van der Waals surface area contributed by atoms with E-state index in [0.717, 1.165) is 77.9 Å². The summed E-state index contributed by atoms with van der Waals surface area (Å²) in [7, 11) is 0. The van der Waals surface area contributed by atoms with Gasteiger partial charge in [-0.05, 0) is 76.4 Å². The largest absolute Gasteiger partial charge is 0.488 e. The van der Waals surface area contributed by atoms with Crippen molar-refractivity contribution in [1.82, 2.24) is 19.6 Å². The molecule has 4 aromatic rings. The maximum Gasteiger partial charge on any atom is 0.165 e. The summed E-state index contributed by atoms with van der Waals surface area (Å²) in [6, 6.07) is 12.0. The Bertz CT molecular complexity index is 1380. The molecule has 2 aromatic heterocycles. The SMILES string of the molecule is Cc1noc(C)c1-c1ccc2c(c1)nc(CCc1ccc(OC(C)C)c(F)c1)n2C[C@@H](C)N1CCOCC1. The van der Waals surface area contributed by atoms with Crippen LogP contribution in [0.25, 0.3) is 22.2 Å². The Morgan fingerprint density at radius 3 is 2.50 bits per heavy atom. The van der Waals surface area contributed by atoms with Gasteiger partial charge < -0.3 is 18.6 Å². The molecule has 8 heteroatoms. The standard InChI is InChI=1S/C30H37FN4O3/c1-19(2)37-28-10-6-23(16-25(28)31)7-11-29-32-26-17-24(30-21(4)33-38-22(30)5)8-9-27(26)35(29)18-20(3)34-12-14-36-15-13-34/h6,8-10,16-17,19-20H,7,11-15,18H2,1-5H3/t20-/m1/s1. The maximum atomic E-state index is 14.6. The van der Waals surface area contributed by atoms with Crippen molar-refractivity contribution in [1.29, 1.82) is 0 Å². The van der Waals surface area contributed by atoms with Gasteiger partial charge in [0.25, 0.3) is 0 Å². The summed E-state index contributed by atoms with van der Waals surface area (Å²) in [4.78, 5) is 7.56. The van der Waals surface area contributed by atoms with E-state index in [0.29, 0.717) is 24.6 Å². The molecule has 1 saturated heterocycles. The van der Waals surface area contributed by atoms with Crippen molar-refractivity contribution < 1.29 is 18.4 Å². The molecular weight excluding hydrogens is 483 g/mol. The highest BCUT2D eigenvalue weighted by atomic mass is 19.1. The summed E-state index contributed by atoms with van der Waals surface area (Å²) in [5.74, 6) is 1.77. The molecule has 0 aliphatic carbocycles. The Morgan fingerprint density at radius 1 is 1.03 bits per heavy atom. The van der Waals surface area contributed by atoms with E-state index in [1.54, 1.807) is 12.1 Å². The van der Waals surface area contributed by atoms with Crippen molar-refractivity contribution in [2.75, 3.05) is 26.3 Å². The van der Waals surface area contributed by atoms with Gasteiger partial charge in [0.05, 0.1) is 36.0 Å². The molecule has 0 spiro atoms. The summed E-state index contributed by atoms with van der Waals surface area (Å²) in [5.41, 5.74) is 5.91. The van der Waals surface area contributed by atoms with E-state index in [2.05, 4.69) is 39.7 Å². The zero-order valence-corrected chi connectivity index (χ0v) is 23.0. The fraction of sp³-hybridized carbons (Fsp3) is 0.467. The molecule has 38 heavy (non-hydrogen) atoms. The van der Waals surface area contributed by atoms with Crippen molar-refractivity contribution in [3.63, 3.8) is 0 Å². The van der Waals surface area contributed by atoms with Gasteiger partial charge in [-0.3, -0.25) is 4.90 Å². The van der Waals surface area contributed by atoms with Crippen molar-refractivity contribution in [3.8, 4) is 16.9 Å². The molecule has 5 rings (SSSR count). The van der Waals surface area contributed by atoms with Crippen molar-refractivity contribution >= 4 is 11.0 Å². The molecule has 0 bridgehead atoms. The number of aryl methyl sites for hydroxylation is 4. The van der Waals surface area contributed by atoms with Crippen molar-refractivity contribution in [2.45, 2.75) is 66.2 Å². The second kappa shape index (κ2) is 11.3. The van der Waals surface area contributed by atoms with E-state index in [1.807, 2.05) is 33.8 Å². The minimum absolute atomic E-state index is 0.0704. The number of nitrogens with zero attached hydrogens (tertiary/aromatic N) is 4. The molecule has 0 radical (unpaired) electrons. The quantitative estimate of drug-likeness (QED) is 0.280. The van der Waals surface area contributed by atoms with Gasteiger partial charge in [-0.1, -0.05) is 17.3 Å². The fourth-order valence-electron chi connectivity index (χ4n) is 5.33. The molecule has 0 amide bonds. The third kappa shape index (κ3) is 5.61. The number of halogens is 1. The lowest BCUT2D eigenvalue weighted by atomic mass is 10.0. The molecule has 7 nitrogen and oxygen atoms in total. The van der Waals surface area contributed by atoms with Crippen LogP contribution in [0, 0.1) is 19.7 Å². The van der Waals surface area contributed by atoms with Crippen LogP contribution in [-0.2, 0) is 24.1 Å². The minimum Gasteiger partial charge on any atom is -0.488 e. The topological polar surface area (TPSA) is 65.6 Å². The lowest BCUT2D eigenvalue weighted by Gasteiger charge is -2.32. The third-order valence-corrected chi connectivity index (χ3v) is 7.26. The van der Waals surface area contributed by atoms with Gasteiger partial charge >= 0.3 is 0 Å². The van der Waals surface area contributed by atoms with Crippen LogP contribution in [0.15, 0.2) is 40.9 Å². The van der Waals surface area contributed by atoms with Gasteiger partial charge in [-0.25, -0.2) is 9.37 Å². The number of fused-ring (bicyclic) bond motifs is 1. The van der Waals surface area contributed by atoms with E-state index in [4.69, 9.17) is 19.0 Å². The van der Waals surface area contributed by atoms with Gasteiger partial charge in [-0.2, -0.15) is 0 Å². The Kier molecular flexibility index (Phi) is 7.81. The number of benzene rings is 2. The fourth-order valence-corrected chi connectivity index (χ4v) is 5.33. The molecule has 0 unspecified atom stereocenters. The molecule has 0 saturated carbocycles. The van der Waals surface area contributed by atoms with Gasteiger partial charge in [0.15, 0.2) is 11.6 Å². The van der Waals surface area contributed by atoms with Crippen molar-refractivity contribution in [3.05, 3.63) is 65.1 Å². The Hall–Kier alpha value is -3.23. The molecule has 1 aliphatic heterocycles. The highest BCUT2D eigenvalue weighted by Gasteiger charge is 2.21. The lowest BCUT2D eigenvalue weighted by Crippen LogP contribution is -2.44. The van der Waals surface area contributed by atoms with E-state index in [-0.39, 0.29) is 11.9 Å². The monoisotopic (exact) mass is 520 g/mol. The second-order valence-corrected chi connectivity index (χ2v) is 10.5. The zero-order chi connectivity index (χ0) is 26.8. The molecule has 0 N–H and O–H groups in total. The Morgan fingerprint density at radius 2 is 1.82 bits per heavy atom. The zero-order valence-electron chi connectivity index (χ0n) is 23.0. The summed E-state index contributed by atoms with van der Waals surface area (Å²) < 4.78 is 33.5. The number of ether oxygens (including phenoxy) is 2. The average Bonchev–Trinajstić information content (AvgIpc) is 3.42. The predicted molar refractivity (Wildman–Crippen MR) is 146 cm³/mol. The van der Waals surface area contributed by atoms with Gasteiger partial charge in [0, 0.05) is 37.7 Å². The average molecular weight is 521 g/mol. The molecule has 3 heterocycles. The number of hydrogen-bond donors (Lipinski definition) is 0. The molecule has 202 valence electrons. The number of aromatic nitrogens is 3. The van der Waals surface area contributed by atoms with Crippen LogP contribution in [0.5, 0.6) is 5.75 Å². The minimum atomic E-state index is -0.324. The lowest BCUT2D eigenvalue weighted by molar-refractivity contribution is 0.0170. The Labute approximate surface area is 223 Å². The summed E-state index contributed by atoms with van der Waals surface area (Å²) in [6.45, 7) is 14.2. The van der Waals surface area contributed by atoms with Gasteiger partial charge in [0.2, 0.25) is 0 Å². The van der Waals surface area contributed by atoms with E-state index in [1.165, 1.54) is 0 Å². The van der Waals surface area contributed by atoms with Crippen LogP contribution >= 0.6 is 0 Å². The van der Waals surface area contributed by atoms with Crippen molar-refractivity contribution in [2.24, 2.45) is 0 Å². The van der Waals surface area contributed by atoms with Crippen LogP contribution in [0.2, 0.25) is 0 Å². The molecular formula is C30H37FN4O3. The highest BCUT2D eigenvalue weighted by Crippen LogP contribution is 2.30. The van der Waals surface area contributed by atoms with Crippen LogP contribution in [-0.4, -0.2) is 58.1 Å². The molecule has 1 aliphatic rings. The number of rotatable bonds is 9. The van der Waals surface area contributed by atoms with E-state index >= 15 is 0 Å². The van der Waals surface area contributed by atoms with Gasteiger partial charge in [0.1, 0.15) is 11.6 Å². The second-order valence-electron chi connectivity index (χ2n) is 10.5. The molecule has 1 fully saturated rings. The van der Waals surface area contributed by atoms with E-state index < -0.39 is 0 Å². The normalized spacial score (nSPS) is 15.4. The first-order chi connectivity index (χ1) is 18.3. The number of morpholine rings is 1. The molecule has 2 aromatic carbocycles.